The lowest BCUT2D eigenvalue weighted by Crippen LogP contribution is -2.13. The molecule has 0 N–H and O–H groups in total. The summed E-state index contributed by atoms with van der Waals surface area (Å²) in [4.78, 5) is 10.4. The molecule has 0 aliphatic rings. The molecule has 0 saturated heterocycles. The van der Waals surface area contributed by atoms with E-state index in [1.165, 1.54) is 18.3 Å². The third kappa shape index (κ3) is 2.09. The molecule has 0 spiro atoms. The van der Waals surface area contributed by atoms with Crippen molar-refractivity contribution in [3.8, 4) is 0 Å². The van der Waals surface area contributed by atoms with Crippen molar-refractivity contribution < 1.29 is 13.2 Å². The van der Waals surface area contributed by atoms with Crippen molar-refractivity contribution in [2.24, 2.45) is 0 Å². The van der Waals surface area contributed by atoms with E-state index in [9.17, 15) is 13.2 Å². The van der Waals surface area contributed by atoms with Gasteiger partial charge in [0.25, 0.3) is 10.0 Å². The number of nitrogens with zero attached hydrogens (tertiary/aromatic N) is 2. The van der Waals surface area contributed by atoms with Crippen LogP contribution in [0.5, 0.6) is 0 Å². The maximum absolute atomic E-state index is 12.1. The van der Waals surface area contributed by atoms with Gasteiger partial charge in [-0.2, -0.15) is 17.6 Å². The fraction of sp³-hybridized carbons (Fsp3) is 0. The van der Waals surface area contributed by atoms with Gasteiger partial charge in [0.2, 0.25) is 0 Å². The minimum absolute atomic E-state index is 0.0535. The van der Waals surface area contributed by atoms with Crippen LogP contribution < -0.4 is 0 Å². The number of carbonyl (C=O) groups excluding carboxylic acids is 1. The SMILES string of the molecule is O=Cc1cnn(S(=O)(=O)c2ccccc2Cl)c1. The van der Waals surface area contributed by atoms with Crippen LogP contribution >= 0.6 is 11.6 Å². The van der Waals surface area contributed by atoms with E-state index in [2.05, 4.69) is 5.10 Å². The third-order valence-electron chi connectivity index (χ3n) is 2.08. The van der Waals surface area contributed by atoms with Gasteiger partial charge in [0, 0.05) is 0 Å². The van der Waals surface area contributed by atoms with Gasteiger partial charge in [0.05, 0.1) is 23.0 Å². The van der Waals surface area contributed by atoms with Crippen LogP contribution in [0.15, 0.2) is 41.6 Å². The summed E-state index contributed by atoms with van der Waals surface area (Å²) >= 11 is 5.81. The first-order chi connectivity index (χ1) is 8.05. The van der Waals surface area contributed by atoms with Gasteiger partial charge in [0.15, 0.2) is 6.29 Å². The zero-order valence-corrected chi connectivity index (χ0v) is 10.0. The van der Waals surface area contributed by atoms with E-state index in [1.807, 2.05) is 0 Å². The first-order valence-corrected chi connectivity index (χ1v) is 6.37. The minimum Gasteiger partial charge on any atom is -0.298 e. The molecule has 0 atom stereocenters. The lowest BCUT2D eigenvalue weighted by Gasteiger charge is -2.05. The van der Waals surface area contributed by atoms with Gasteiger partial charge < -0.3 is 0 Å². The molecule has 0 amide bonds. The molecule has 0 fully saturated rings. The summed E-state index contributed by atoms with van der Waals surface area (Å²) in [6.07, 6.45) is 2.82. The molecule has 0 bridgehead atoms. The van der Waals surface area contributed by atoms with Crippen molar-refractivity contribution in [1.82, 2.24) is 9.19 Å². The van der Waals surface area contributed by atoms with Gasteiger partial charge in [-0.1, -0.05) is 23.7 Å². The maximum Gasteiger partial charge on any atom is 0.284 e. The highest BCUT2D eigenvalue weighted by molar-refractivity contribution is 7.90. The Morgan fingerprint density at radius 2 is 2.00 bits per heavy atom. The number of carbonyl (C=O) groups is 1. The smallest absolute Gasteiger partial charge is 0.284 e. The number of hydrogen-bond donors (Lipinski definition) is 0. The molecule has 1 heterocycles. The van der Waals surface area contributed by atoms with Crippen molar-refractivity contribution in [3.05, 3.63) is 47.2 Å². The molecule has 0 aliphatic carbocycles. The van der Waals surface area contributed by atoms with Crippen LogP contribution in [0.2, 0.25) is 5.02 Å². The van der Waals surface area contributed by atoms with Gasteiger partial charge in [-0.25, -0.2) is 0 Å². The zero-order chi connectivity index (χ0) is 12.5. The second kappa shape index (κ2) is 4.31. The summed E-state index contributed by atoms with van der Waals surface area (Å²) in [6, 6.07) is 6.03. The van der Waals surface area contributed by atoms with Crippen LogP contribution in [-0.2, 0) is 10.0 Å². The minimum atomic E-state index is -3.84. The van der Waals surface area contributed by atoms with Crippen LogP contribution in [0.4, 0.5) is 0 Å². The van der Waals surface area contributed by atoms with Gasteiger partial charge >= 0.3 is 0 Å². The summed E-state index contributed by atoms with van der Waals surface area (Å²) in [7, 11) is -3.84. The Hall–Kier alpha value is -1.66. The fourth-order valence-corrected chi connectivity index (χ4v) is 2.89. The number of hydrogen-bond acceptors (Lipinski definition) is 4. The number of benzene rings is 1. The highest BCUT2D eigenvalue weighted by Gasteiger charge is 2.20. The van der Waals surface area contributed by atoms with Crippen LogP contribution in [0.25, 0.3) is 0 Å². The summed E-state index contributed by atoms with van der Waals surface area (Å²) in [5, 5.41) is 3.72. The predicted octanol–water partition coefficient (Wildman–Crippen LogP) is 1.59. The Kier molecular flexibility index (Phi) is 2.99. The van der Waals surface area contributed by atoms with E-state index >= 15 is 0 Å². The average molecular weight is 271 g/mol. The predicted molar refractivity (Wildman–Crippen MR) is 61.7 cm³/mol. The Bertz CT molecular complexity index is 664. The Morgan fingerprint density at radius 3 is 2.59 bits per heavy atom. The van der Waals surface area contributed by atoms with Crippen molar-refractivity contribution in [1.29, 1.82) is 0 Å². The van der Waals surface area contributed by atoms with E-state index in [0.717, 1.165) is 10.3 Å². The Morgan fingerprint density at radius 1 is 1.29 bits per heavy atom. The second-order valence-electron chi connectivity index (χ2n) is 3.20. The molecule has 0 unspecified atom stereocenters. The normalized spacial score (nSPS) is 11.4. The molecule has 0 aliphatic heterocycles. The molecular weight excluding hydrogens is 264 g/mol. The van der Waals surface area contributed by atoms with Crippen LogP contribution in [0, 0.1) is 0 Å². The highest BCUT2D eigenvalue weighted by Crippen LogP contribution is 2.22. The molecule has 1 aromatic heterocycles. The topological polar surface area (TPSA) is 69.0 Å². The van der Waals surface area contributed by atoms with Crippen LogP contribution in [-0.4, -0.2) is 23.9 Å². The maximum atomic E-state index is 12.1. The fourth-order valence-electron chi connectivity index (χ4n) is 1.26. The lowest BCUT2D eigenvalue weighted by atomic mass is 10.4. The molecule has 7 heteroatoms. The van der Waals surface area contributed by atoms with Crippen molar-refractivity contribution in [2.45, 2.75) is 4.90 Å². The Labute approximate surface area is 103 Å². The number of halogens is 1. The van der Waals surface area contributed by atoms with Crippen LogP contribution in [0.1, 0.15) is 10.4 Å². The molecule has 0 radical (unpaired) electrons. The van der Waals surface area contributed by atoms with E-state index in [-0.39, 0.29) is 15.5 Å². The van der Waals surface area contributed by atoms with E-state index in [4.69, 9.17) is 11.6 Å². The quantitative estimate of drug-likeness (QED) is 0.794. The summed E-state index contributed by atoms with van der Waals surface area (Å²) in [6.45, 7) is 0. The molecule has 0 saturated carbocycles. The summed E-state index contributed by atoms with van der Waals surface area (Å²) in [5.41, 5.74) is 0.181. The largest absolute Gasteiger partial charge is 0.298 e. The molecule has 88 valence electrons. The van der Waals surface area contributed by atoms with E-state index < -0.39 is 10.0 Å². The standard InChI is InChI=1S/C10H7ClN2O3S/c11-9-3-1-2-4-10(9)17(15,16)13-6-8(7-14)5-12-13/h1-7H. The lowest BCUT2D eigenvalue weighted by molar-refractivity contribution is 0.112. The van der Waals surface area contributed by atoms with Crippen molar-refractivity contribution in [2.75, 3.05) is 0 Å². The van der Waals surface area contributed by atoms with Gasteiger partial charge in [-0.05, 0) is 12.1 Å². The Balaban J connectivity index is 2.58. The number of aromatic nitrogens is 2. The van der Waals surface area contributed by atoms with Crippen LogP contribution in [0.3, 0.4) is 0 Å². The average Bonchev–Trinajstić information content (AvgIpc) is 2.78. The van der Waals surface area contributed by atoms with Crippen molar-refractivity contribution in [3.63, 3.8) is 0 Å². The summed E-state index contributed by atoms with van der Waals surface area (Å²) in [5.74, 6) is 0. The first-order valence-electron chi connectivity index (χ1n) is 4.55. The molecule has 2 rings (SSSR count). The molecule has 17 heavy (non-hydrogen) atoms. The van der Waals surface area contributed by atoms with Crippen molar-refractivity contribution >= 4 is 27.9 Å². The zero-order valence-electron chi connectivity index (χ0n) is 8.45. The number of rotatable bonds is 3. The molecule has 5 nitrogen and oxygen atoms in total. The monoisotopic (exact) mass is 270 g/mol. The van der Waals surface area contributed by atoms with Gasteiger partial charge in [-0.3, -0.25) is 4.79 Å². The summed E-state index contributed by atoms with van der Waals surface area (Å²) < 4.78 is 24.9. The highest BCUT2D eigenvalue weighted by atomic mass is 35.5. The second-order valence-corrected chi connectivity index (χ2v) is 5.37. The molecular formula is C10H7ClN2O3S. The third-order valence-corrected chi connectivity index (χ3v) is 4.12. The van der Waals surface area contributed by atoms with E-state index in [0.29, 0.717) is 6.29 Å². The first kappa shape index (κ1) is 11.8. The number of aldehydes is 1. The van der Waals surface area contributed by atoms with Gasteiger partial charge in [0.1, 0.15) is 4.90 Å². The van der Waals surface area contributed by atoms with E-state index in [1.54, 1.807) is 12.1 Å². The van der Waals surface area contributed by atoms with Gasteiger partial charge in [-0.15, -0.1) is 0 Å². The molecule has 1 aromatic carbocycles. The molecule has 2 aromatic rings.